The van der Waals surface area contributed by atoms with Crippen LogP contribution in [0.15, 0.2) is 109 Å². The second kappa shape index (κ2) is 36.3. The Labute approximate surface area is 649 Å². The minimum Gasteiger partial charge on any atom is -0.497 e. The van der Waals surface area contributed by atoms with Crippen molar-refractivity contribution in [3.63, 3.8) is 0 Å². The predicted molar refractivity (Wildman–Crippen MR) is 426 cm³/mol. The van der Waals surface area contributed by atoms with Crippen molar-refractivity contribution in [1.82, 2.24) is 0 Å². The Kier molecular flexibility index (Phi) is 29.5. The number of fused-ring (bicyclic) bond motifs is 2. The molecule has 4 aromatic carbocycles. The van der Waals surface area contributed by atoms with Gasteiger partial charge in [0.05, 0.1) is 57.1 Å². The lowest BCUT2D eigenvalue weighted by Gasteiger charge is -2.39. The van der Waals surface area contributed by atoms with Gasteiger partial charge < -0.3 is 75.8 Å². The van der Waals surface area contributed by atoms with Crippen LogP contribution in [0.5, 0.6) is 23.0 Å². The van der Waals surface area contributed by atoms with Crippen LogP contribution in [0, 0.1) is 11.8 Å². The average molecular weight is 1530 g/mol. The number of rotatable bonds is 28. The van der Waals surface area contributed by atoms with Crippen molar-refractivity contribution < 1.29 is 95.0 Å². The van der Waals surface area contributed by atoms with Gasteiger partial charge in [-0.25, -0.2) is 19.2 Å². The maximum absolute atomic E-state index is 13.4. The van der Waals surface area contributed by atoms with Crippen LogP contribution in [0.4, 0.5) is 21.0 Å². The third-order valence-corrected chi connectivity index (χ3v) is 23.7. The summed E-state index contributed by atoms with van der Waals surface area (Å²) in [4.78, 5) is 56.3. The summed E-state index contributed by atoms with van der Waals surface area (Å²) in [6.07, 6.45) is 12.0. The van der Waals surface area contributed by atoms with Crippen LogP contribution in [0.25, 0.3) is 12.2 Å². The Morgan fingerprint density at radius 1 is 0.532 bits per heavy atom. The van der Waals surface area contributed by atoms with E-state index in [1.165, 1.54) is 9.80 Å². The minimum absolute atomic E-state index is 0.00261. The van der Waals surface area contributed by atoms with Gasteiger partial charge in [-0.2, -0.15) is 0 Å². The van der Waals surface area contributed by atoms with Gasteiger partial charge in [0.15, 0.2) is 19.9 Å². The first-order chi connectivity index (χ1) is 50.6. The molecule has 22 nitrogen and oxygen atoms in total. The smallest absolute Gasteiger partial charge is 0.414 e. The van der Waals surface area contributed by atoms with Crippen molar-refractivity contribution in [2.45, 2.75) is 287 Å². The zero-order valence-electron chi connectivity index (χ0n) is 69.7. The number of esters is 2. The molecule has 0 aliphatic carbocycles. The highest BCUT2D eigenvalue weighted by molar-refractivity contribution is 6.74. The summed E-state index contributed by atoms with van der Waals surface area (Å²) in [7, 11) is 1.28. The Hall–Kier alpha value is -7.58. The van der Waals surface area contributed by atoms with Crippen LogP contribution < -0.4 is 28.7 Å². The molecular weight excluding hydrogens is 1410 g/mol. The molecule has 1 N–H and O–H groups in total. The lowest BCUT2D eigenvalue weighted by atomic mass is 9.99. The molecule has 109 heavy (non-hydrogen) atoms. The molecule has 4 aliphatic heterocycles. The van der Waals surface area contributed by atoms with E-state index in [1.54, 1.807) is 79.2 Å². The summed E-state index contributed by atoms with van der Waals surface area (Å²) >= 11 is 0. The van der Waals surface area contributed by atoms with E-state index in [1.807, 2.05) is 169 Å². The average Bonchev–Trinajstić information content (AvgIpc) is 1.60. The van der Waals surface area contributed by atoms with Crippen LogP contribution in [-0.2, 0) is 65.0 Å². The molecule has 0 aromatic heterocycles. The standard InChI is InChI=1S/C46H69NO10Si.C40H55NO10/c1-17-47(42(49)56-43(4,5)6)34-27-33(39-38(28-34)53-46(12,13)55-41(39)48)19-18-20-37-40(54-45(10,11)52-37)36(51-29-32-22-24-35(50-14)25-23-32)26-21-30(2)31(3)57-58(15,16)44(7,8)9;1-12-41(37(44)51-38(4,5)6)29-22-28(34-33(23-29)48-40(9,10)50-36(34)43)14-13-15-32-35(49-39(7,8)47-32)31(21-16-25(2)26(3)42)46-24-27-17-19-30(45-11)20-18-27/h18-19,21-28,30-31,36-37,40H,17,20,29H2,1-16H3;13-14,16-23,25-26,31-32,35,42H,12,15,24H2,1-11H3/b19-18+,26-21-;14-13+,21-16-/t30-,31+,36?,37+,40-;25-,26+,31?,32+,35-/m11/s1. The molecule has 2 fully saturated rings. The lowest BCUT2D eigenvalue weighted by molar-refractivity contribution is -0.156. The largest absolute Gasteiger partial charge is 0.497 e. The van der Waals surface area contributed by atoms with Crippen molar-refractivity contribution in [3.8, 4) is 23.0 Å². The van der Waals surface area contributed by atoms with E-state index in [4.69, 9.17) is 70.7 Å². The molecule has 2 unspecified atom stereocenters. The number of hydrogen-bond donors (Lipinski definition) is 1. The summed E-state index contributed by atoms with van der Waals surface area (Å²) in [6.45, 7) is 49.4. The van der Waals surface area contributed by atoms with Gasteiger partial charge in [0.25, 0.3) is 0 Å². The monoisotopic (exact) mass is 1530 g/mol. The number of anilines is 2. The van der Waals surface area contributed by atoms with E-state index >= 15 is 0 Å². The number of hydrogen-bond acceptors (Lipinski definition) is 20. The van der Waals surface area contributed by atoms with Crippen molar-refractivity contribution >= 4 is 56.0 Å². The molecule has 0 bridgehead atoms. The summed E-state index contributed by atoms with van der Waals surface area (Å²) in [5.74, 6) is -3.08. The molecule has 10 atom stereocenters. The molecule has 602 valence electrons. The number of methoxy groups -OCH3 is 2. The van der Waals surface area contributed by atoms with Gasteiger partial charge in [-0.3, -0.25) is 9.80 Å². The van der Waals surface area contributed by atoms with Gasteiger partial charge >= 0.3 is 24.1 Å². The van der Waals surface area contributed by atoms with Crippen LogP contribution in [0.2, 0.25) is 18.1 Å². The van der Waals surface area contributed by atoms with Crippen LogP contribution in [0.1, 0.15) is 215 Å². The first kappa shape index (κ1) is 88.6. The van der Waals surface area contributed by atoms with E-state index in [0.29, 0.717) is 73.1 Å². The third-order valence-electron chi connectivity index (χ3n) is 19.1. The molecule has 0 radical (unpaired) electrons. The maximum Gasteiger partial charge on any atom is 0.414 e. The lowest BCUT2D eigenvalue weighted by Crippen LogP contribution is -2.44. The third kappa shape index (κ3) is 25.2. The van der Waals surface area contributed by atoms with Crippen molar-refractivity contribution in [2.24, 2.45) is 11.8 Å². The molecule has 2 amide bonds. The highest BCUT2D eigenvalue weighted by Gasteiger charge is 2.47. The number of aliphatic hydroxyl groups excluding tert-OH is 1. The van der Waals surface area contributed by atoms with Gasteiger partial charge in [0.2, 0.25) is 11.6 Å². The fourth-order valence-corrected chi connectivity index (χ4v) is 13.8. The molecule has 0 spiro atoms. The molecular formula is C86H124N2O20Si. The molecule has 8 rings (SSSR count). The van der Waals surface area contributed by atoms with Crippen LogP contribution in [0.3, 0.4) is 0 Å². The first-order valence-corrected chi connectivity index (χ1v) is 40.9. The number of aliphatic hydroxyl groups is 1. The number of carbonyl (C=O) groups is 4. The van der Waals surface area contributed by atoms with Crippen molar-refractivity contribution in [2.75, 3.05) is 37.1 Å². The van der Waals surface area contributed by atoms with Gasteiger partial charge in [0.1, 0.15) is 69.7 Å². The van der Waals surface area contributed by atoms with Gasteiger partial charge in [-0.1, -0.05) is 107 Å². The van der Waals surface area contributed by atoms with E-state index in [2.05, 4.69) is 59.9 Å². The summed E-state index contributed by atoms with van der Waals surface area (Å²) in [5.41, 5.74) is 3.16. The fourth-order valence-electron chi connectivity index (χ4n) is 12.3. The Morgan fingerprint density at radius 2 is 0.899 bits per heavy atom. The number of ether oxygens (including phenoxy) is 14. The number of carbonyl (C=O) groups excluding carboxylic acids is 4. The first-order valence-electron chi connectivity index (χ1n) is 38.0. The summed E-state index contributed by atoms with van der Waals surface area (Å²) < 4.78 is 91.3. The highest BCUT2D eigenvalue weighted by atomic mass is 28.4. The van der Waals surface area contributed by atoms with E-state index in [-0.39, 0.29) is 34.1 Å². The van der Waals surface area contributed by atoms with E-state index < -0.39 is 110 Å². The van der Waals surface area contributed by atoms with Gasteiger partial charge in [0, 0.05) is 59.0 Å². The van der Waals surface area contributed by atoms with Gasteiger partial charge in [-0.05, 0) is 198 Å². The van der Waals surface area contributed by atoms with Gasteiger partial charge in [-0.15, -0.1) is 0 Å². The maximum atomic E-state index is 13.4. The Balaban J connectivity index is 0.000000306. The summed E-state index contributed by atoms with van der Waals surface area (Å²) in [6, 6.07) is 22.3. The molecule has 4 aromatic rings. The minimum atomic E-state index is -1.99. The topological polar surface area (TPSA) is 233 Å². The van der Waals surface area contributed by atoms with Crippen LogP contribution >= 0.6 is 0 Å². The quantitative estimate of drug-likeness (QED) is 0.0241. The van der Waals surface area contributed by atoms with Crippen molar-refractivity contribution in [3.05, 3.63) is 143 Å². The second-order valence-electron chi connectivity index (χ2n) is 33.7. The molecule has 4 aliphatic rings. The molecule has 23 heteroatoms. The summed E-state index contributed by atoms with van der Waals surface area (Å²) in [5, 5.41) is 10.2. The number of benzene rings is 4. The Bertz CT molecular complexity index is 3850. The molecule has 4 heterocycles. The molecule has 2 saturated heterocycles. The second-order valence-corrected chi connectivity index (χ2v) is 38.4. The number of nitrogens with zero attached hydrogens (tertiary/aromatic N) is 2. The Morgan fingerprint density at radius 3 is 1.23 bits per heavy atom. The SMILES string of the molecule is CCN(C(=O)OC(C)(C)C)c1cc(/C=C/C[C@@H]2OC(C)(C)O[C@@H]2C(/C=C\[C@@H](C)[C@H](C)O)OCc2ccc(OC)cc2)c2c(c1)OC(C)(C)OC2=O.CCN(C(=O)OC(C)(C)C)c1cc(/C=C/C[C@@H]2OC(C)(C)O[C@@H]2C(/C=C\[C@@H](C)[C@H](C)O[Si](C)(C)C(C)(C)C)OCc2ccc(OC)cc2)c2c(c1)OC(C)(C)OC2=O. The zero-order valence-corrected chi connectivity index (χ0v) is 70.7. The normalized spacial score (nSPS) is 21.2. The zero-order chi connectivity index (χ0) is 81.2. The predicted octanol–water partition coefficient (Wildman–Crippen LogP) is 18.7. The highest BCUT2D eigenvalue weighted by Crippen LogP contribution is 2.43. The van der Waals surface area contributed by atoms with Crippen molar-refractivity contribution in [1.29, 1.82) is 0 Å². The van der Waals surface area contributed by atoms with Crippen LogP contribution in [-0.4, -0.2) is 148 Å². The molecule has 0 saturated carbocycles. The number of amides is 2. The van der Waals surface area contributed by atoms with E-state index in [9.17, 15) is 24.3 Å². The number of cyclic esters (lactones) is 2. The fraction of sp³-hybridized carbons (Fsp3) is 0.581. The van der Waals surface area contributed by atoms with E-state index in [0.717, 1.165) is 22.6 Å².